The third-order valence-electron chi connectivity index (χ3n) is 8.65. The second kappa shape index (κ2) is 23.9. The Labute approximate surface area is 250 Å². The molecule has 0 atom stereocenters. The van der Waals surface area contributed by atoms with Crippen LogP contribution in [0, 0.1) is 0 Å². The second-order valence-electron chi connectivity index (χ2n) is 12.4. The first-order valence-corrected chi connectivity index (χ1v) is 17.7. The summed E-state index contributed by atoms with van der Waals surface area (Å²) in [7, 11) is 0. The Kier molecular flexibility index (Phi) is 20.6. The number of rotatable bonds is 26. The molecule has 0 aliphatic rings. The van der Waals surface area contributed by atoms with Gasteiger partial charge in [0.15, 0.2) is 0 Å². The van der Waals surface area contributed by atoms with Crippen LogP contribution in [0.1, 0.15) is 172 Å². The van der Waals surface area contributed by atoms with Crippen molar-refractivity contribution in [2.24, 2.45) is 0 Å². The molecule has 2 aromatic rings. The average Bonchev–Trinajstić information content (AvgIpc) is 2.97. The molecule has 1 N–H and O–H groups in total. The highest BCUT2D eigenvalue weighted by atomic mass is 14.9. The molecule has 0 saturated heterocycles. The van der Waals surface area contributed by atoms with Crippen LogP contribution >= 0.6 is 0 Å². The summed E-state index contributed by atoms with van der Waals surface area (Å²) in [6.45, 7) is 6.91. The van der Waals surface area contributed by atoms with E-state index in [0.717, 1.165) is 0 Å². The predicted octanol–water partition coefficient (Wildman–Crippen LogP) is 13.3. The number of aryl methyl sites for hydroxylation is 2. The van der Waals surface area contributed by atoms with E-state index in [1.165, 1.54) is 171 Å². The highest BCUT2D eigenvalue weighted by molar-refractivity contribution is 5.65. The number of anilines is 2. The molecule has 0 radical (unpaired) electrons. The summed E-state index contributed by atoms with van der Waals surface area (Å²) in [6, 6.07) is 16.3. The molecule has 0 saturated carbocycles. The van der Waals surface area contributed by atoms with Crippen LogP contribution in [0.4, 0.5) is 11.4 Å². The van der Waals surface area contributed by atoms with Gasteiger partial charge in [-0.3, -0.25) is 0 Å². The number of unbranched alkanes of at least 4 members (excludes halogenated alkanes) is 18. The lowest BCUT2D eigenvalue weighted by molar-refractivity contribution is 0.583. The van der Waals surface area contributed by atoms with Gasteiger partial charge in [-0.15, -0.1) is 0 Å². The van der Waals surface area contributed by atoms with Crippen LogP contribution < -0.4 is 5.32 Å². The van der Waals surface area contributed by atoms with Gasteiger partial charge in [-0.05, 0) is 73.4 Å². The highest BCUT2D eigenvalue weighted by Crippen LogP contribution is 2.28. The van der Waals surface area contributed by atoms with E-state index in [-0.39, 0.29) is 0 Å². The van der Waals surface area contributed by atoms with Gasteiger partial charge in [0, 0.05) is 11.4 Å². The van der Waals surface area contributed by atoms with E-state index >= 15 is 0 Å². The molecule has 2 rings (SSSR count). The standard InChI is InChI=1S/C39H65N/c1-4-7-10-13-16-19-22-26-35-31-33-37(34-32-35)40-39-30-25-28-36(27-23-20-17-14-11-8-5-2)38(39)29-24-21-18-15-12-9-6-3/h25,28,30-34,40H,4-24,26-27,29H2,1-3H3. The van der Waals surface area contributed by atoms with E-state index in [9.17, 15) is 0 Å². The molecule has 0 aromatic heterocycles. The maximum atomic E-state index is 3.83. The SMILES string of the molecule is CCCCCCCCCc1ccc(Nc2cccc(CCCCCCCCC)c2CCCCCCCCC)cc1. The molecule has 0 heterocycles. The van der Waals surface area contributed by atoms with Crippen molar-refractivity contribution in [3.05, 3.63) is 59.2 Å². The smallest absolute Gasteiger partial charge is 0.0419 e. The molecule has 1 heteroatoms. The molecule has 0 bridgehead atoms. The quantitative estimate of drug-likeness (QED) is 0.115. The van der Waals surface area contributed by atoms with Crippen LogP contribution in [0.5, 0.6) is 0 Å². The Hall–Kier alpha value is -1.76. The highest BCUT2D eigenvalue weighted by Gasteiger charge is 2.10. The lowest BCUT2D eigenvalue weighted by Crippen LogP contribution is -2.02. The molecule has 0 unspecified atom stereocenters. The zero-order valence-corrected chi connectivity index (χ0v) is 27.0. The van der Waals surface area contributed by atoms with E-state index in [1.807, 2.05) is 0 Å². The summed E-state index contributed by atoms with van der Waals surface area (Å²) >= 11 is 0. The first-order chi connectivity index (χ1) is 19.8. The minimum Gasteiger partial charge on any atom is -0.355 e. The number of benzene rings is 2. The van der Waals surface area contributed by atoms with Crippen molar-refractivity contribution in [3.8, 4) is 0 Å². The average molecular weight is 548 g/mol. The summed E-state index contributed by atoms with van der Waals surface area (Å²) in [6.07, 6.45) is 32.6. The molecular formula is C39H65N. The van der Waals surface area contributed by atoms with Crippen molar-refractivity contribution in [3.63, 3.8) is 0 Å². The first-order valence-electron chi connectivity index (χ1n) is 17.7. The topological polar surface area (TPSA) is 12.0 Å². The van der Waals surface area contributed by atoms with Gasteiger partial charge >= 0.3 is 0 Å². The van der Waals surface area contributed by atoms with E-state index in [1.54, 1.807) is 11.1 Å². The van der Waals surface area contributed by atoms with Crippen molar-refractivity contribution in [2.45, 2.75) is 175 Å². The van der Waals surface area contributed by atoms with Gasteiger partial charge in [-0.2, -0.15) is 0 Å². The summed E-state index contributed by atoms with van der Waals surface area (Å²) in [4.78, 5) is 0. The number of hydrogen-bond donors (Lipinski definition) is 1. The molecule has 40 heavy (non-hydrogen) atoms. The Bertz CT molecular complexity index is 836. The van der Waals surface area contributed by atoms with Crippen molar-refractivity contribution in [1.82, 2.24) is 0 Å². The summed E-state index contributed by atoms with van der Waals surface area (Å²) < 4.78 is 0. The van der Waals surface area contributed by atoms with Crippen LogP contribution in [0.2, 0.25) is 0 Å². The van der Waals surface area contributed by atoms with Gasteiger partial charge in [-0.1, -0.05) is 161 Å². The van der Waals surface area contributed by atoms with Crippen LogP contribution in [0.3, 0.4) is 0 Å². The van der Waals surface area contributed by atoms with Crippen LogP contribution in [-0.4, -0.2) is 0 Å². The third-order valence-corrected chi connectivity index (χ3v) is 8.65. The Morgan fingerprint density at radius 2 is 0.875 bits per heavy atom. The molecule has 0 spiro atoms. The normalized spacial score (nSPS) is 11.3. The van der Waals surface area contributed by atoms with E-state index in [0.29, 0.717) is 0 Å². The fourth-order valence-electron chi connectivity index (χ4n) is 6.01. The lowest BCUT2D eigenvalue weighted by Gasteiger charge is -2.17. The lowest BCUT2D eigenvalue weighted by atomic mass is 9.94. The molecule has 0 aliphatic carbocycles. The molecule has 0 aliphatic heterocycles. The fourth-order valence-corrected chi connectivity index (χ4v) is 6.01. The van der Waals surface area contributed by atoms with Crippen molar-refractivity contribution in [1.29, 1.82) is 0 Å². The van der Waals surface area contributed by atoms with E-state index in [4.69, 9.17) is 0 Å². The molecule has 1 nitrogen and oxygen atoms in total. The predicted molar refractivity (Wildman–Crippen MR) is 181 cm³/mol. The van der Waals surface area contributed by atoms with Gasteiger partial charge in [0.25, 0.3) is 0 Å². The number of nitrogens with one attached hydrogen (secondary N) is 1. The zero-order chi connectivity index (χ0) is 28.5. The molecule has 0 fully saturated rings. The summed E-state index contributed by atoms with van der Waals surface area (Å²) in [5.41, 5.74) is 7.22. The minimum atomic E-state index is 1.21. The monoisotopic (exact) mass is 548 g/mol. The van der Waals surface area contributed by atoms with Crippen LogP contribution in [0.25, 0.3) is 0 Å². The zero-order valence-electron chi connectivity index (χ0n) is 27.0. The Morgan fingerprint density at radius 3 is 1.40 bits per heavy atom. The molecule has 226 valence electrons. The van der Waals surface area contributed by atoms with Crippen molar-refractivity contribution < 1.29 is 0 Å². The Morgan fingerprint density at radius 1 is 0.425 bits per heavy atom. The van der Waals surface area contributed by atoms with Crippen LogP contribution in [-0.2, 0) is 19.3 Å². The molecular weight excluding hydrogens is 482 g/mol. The molecule has 0 amide bonds. The fraction of sp³-hybridized carbons (Fsp3) is 0.692. The van der Waals surface area contributed by atoms with Crippen LogP contribution in [0.15, 0.2) is 42.5 Å². The van der Waals surface area contributed by atoms with Gasteiger partial charge in [-0.25, -0.2) is 0 Å². The van der Waals surface area contributed by atoms with Gasteiger partial charge in [0.2, 0.25) is 0 Å². The van der Waals surface area contributed by atoms with E-state index in [2.05, 4.69) is 68.6 Å². The Balaban J connectivity index is 1.91. The third kappa shape index (κ3) is 15.9. The van der Waals surface area contributed by atoms with Crippen molar-refractivity contribution in [2.75, 3.05) is 5.32 Å². The minimum absolute atomic E-state index is 1.21. The van der Waals surface area contributed by atoms with Gasteiger partial charge < -0.3 is 5.32 Å². The first kappa shape index (κ1) is 34.4. The number of hydrogen-bond acceptors (Lipinski definition) is 1. The van der Waals surface area contributed by atoms with E-state index < -0.39 is 0 Å². The largest absolute Gasteiger partial charge is 0.355 e. The molecule has 2 aromatic carbocycles. The van der Waals surface area contributed by atoms with Crippen molar-refractivity contribution >= 4 is 11.4 Å². The maximum Gasteiger partial charge on any atom is 0.0419 e. The summed E-state index contributed by atoms with van der Waals surface area (Å²) in [5, 5.41) is 3.83. The maximum absolute atomic E-state index is 3.83. The van der Waals surface area contributed by atoms with Gasteiger partial charge in [0.05, 0.1) is 0 Å². The summed E-state index contributed by atoms with van der Waals surface area (Å²) in [5.74, 6) is 0. The van der Waals surface area contributed by atoms with Gasteiger partial charge in [0.1, 0.15) is 0 Å². The second-order valence-corrected chi connectivity index (χ2v) is 12.4.